The van der Waals surface area contributed by atoms with Crippen LogP contribution in [0.4, 0.5) is 0 Å². The molecule has 2 N–H and O–H groups in total. The lowest BCUT2D eigenvalue weighted by Crippen LogP contribution is -2.33. The van der Waals surface area contributed by atoms with Crippen molar-refractivity contribution in [1.29, 1.82) is 0 Å². The van der Waals surface area contributed by atoms with Gasteiger partial charge in [-0.25, -0.2) is 0 Å². The normalized spacial score (nSPS) is 20.1. The van der Waals surface area contributed by atoms with Crippen molar-refractivity contribution in [3.05, 3.63) is 35.9 Å². The van der Waals surface area contributed by atoms with Gasteiger partial charge in [-0.1, -0.05) is 18.2 Å². The molecule has 6 nitrogen and oxygen atoms in total. The fraction of sp³-hybridized carbons (Fsp3) is 0.333. The predicted molar refractivity (Wildman–Crippen MR) is 75.7 cm³/mol. The molecule has 2 atom stereocenters. The van der Waals surface area contributed by atoms with E-state index in [2.05, 4.69) is 5.32 Å². The Morgan fingerprint density at radius 2 is 2.00 bits per heavy atom. The second kappa shape index (κ2) is 6.30. The van der Waals surface area contributed by atoms with Crippen molar-refractivity contribution in [3.63, 3.8) is 0 Å². The van der Waals surface area contributed by atoms with Crippen LogP contribution in [0.25, 0.3) is 0 Å². The Hall–Kier alpha value is -2.50. The Morgan fingerprint density at radius 3 is 2.57 bits per heavy atom. The first-order valence-electron chi connectivity index (χ1n) is 6.49. The van der Waals surface area contributed by atoms with E-state index in [1.54, 1.807) is 30.4 Å². The number of benzene rings is 1. The highest BCUT2D eigenvalue weighted by molar-refractivity contribution is 5.98. The number of carbonyl (C=O) groups excluding carboxylic acids is 1. The summed E-state index contributed by atoms with van der Waals surface area (Å²) in [6.07, 6.45) is 3.65. The van der Waals surface area contributed by atoms with Crippen LogP contribution in [-0.4, -0.2) is 37.2 Å². The number of amides is 1. The fourth-order valence-electron chi connectivity index (χ4n) is 2.30. The minimum Gasteiger partial charge on any atom is -0.493 e. The number of para-hydroxylation sites is 1. The number of aliphatic carboxylic acids is 1. The molecule has 6 heteroatoms. The second-order valence-corrected chi connectivity index (χ2v) is 4.69. The molecule has 0 aliphatic heterocycles. The monoisotopic (exact) mass is 291 g/mol. The van der Waals surface area contributed by atoms with E-state index in [0.717, 1.165) is 0 Å². The van der Waals surface area contributed by atoms with Gasteiger partial charge in [-0.2, -0.15) is 0 Å². The lowest BCUT2D eigenvalue weighted by molar-refractivity contribution is -0.140. The van der Waals surface area contributed by atoms with E-state index >= 15 is 0 Å². The first-order valence-corrected chi connectivity index (χ1v) is 6.49. The van der Waals surface area contributed by atoms with Gasteiger partial charge in [-0.3, -0.25) is 9.59 Å². The van der Waals surface area contributed by atoms with Crippen LogP contribution in [0.15, 0.2) is 30.4 Å². The van der Waals surface area contributed by atoms with Crippen molar-refractivity contribution in [3.8, 4) is 11.5 Å². The highest BCUT2D eigenvalue weighted by Crippen LogP contribution is 2.31. The van der Waals surface area contributed by atoms with Crippen LogP contribution in [-0.2, 0) is 4.79 Å². The third-order valence-electron chi connectivity index (χ3n) is 3.36. The van der Waals surface area contributed by atoms with Gasteiger partial charge in [-0.05, 0) is 18.6 Å². The molecule has 112 valence electrons. The Bertz CT molecular complexity index is 581. The third kappa shape index (κ3) is 3.16. The van der Waals surface area contributed by atoms with E-state index < -0.39 is 11.9 Å². The van der Waals surface area contributed by atoms with E-state index in [-0.39, 0.29) is 11.9 Å². The minimum absolute atomic E-state index is 0.297. The number of nitrogens with one attached hydrogen (secondary N) is 1. The first-order chi connectivity index (χ1) is 10.1. The zero-order valence-corrected chi connectivity index (χ0v) is 11.8. The summed E-state index contributed by atoms with van der Waals surface area (Å²) in [6.45, 7) is 0. The van der Waals surface area contributed by atoms with Gasteiger partial charge in [0.1, 0.15) is 0 Å². The summed E-state index contributed by atoms with van der Waals surface area (Å²) >= 11 is 0. The van der Waals surface area contributed by atoms with E-state index in [4.69, 9.17) is 14.6 Å². The smallest absolute Gasteiger partial charge is 0.310 e. The van der Waals surface area contributed by atoms with E-state index in [1.165, 1.54) is 14.2 Å². The lowest BCUT2D eigenvalue weighted by atomic mass is 10.1. The molecule has 1 amide bonds. The molecule has 1 aliphatic rings. The summed E-state index contributed by atoms with van der Waals surface area (Å²) in [5.74, 6) is -0.944. The van der Waals surface area contributed by atoms with E-state index in [0.29, 0.717) is 23.5 Å². The molecule has 0 spiro atoms. The second-order valence-electron chi connectivity index (χ2n) is 4.69. The van der Waals surface area contributed by atoms with Crippen molar-refractivity contribution >= 4 is 11.9 Å². The Balaban J connectivity index is 2.12. The van der Waals surface area contributed by atoms with Crippen molar-refractivity contribution in [1.82, 2.24) is 5.32 Å². The van der Waals surface area contributed by atoms with Gasteiger partial charge in [0.25, 0.3) is 5.91 Å². The van der Waals surface area contributed by atoms with Crippen LogP contribution in [0.3, 0.4) is 0 Å². The number of hydrogen-bond donors (Lipinski definition) is 2. The zero-order valence-electron chi connectivity index (χ0n) is 11.8. The third-order valence-corrected chi connectivity index (χ3v) is 3.36. The minimum atomic E-state index is -0.887. The zero-order chi connectivity index (χ0) is 15.4. The predicted octanol–water partition coefficient (Wildman–Crippen LogP) is 1.46. The Kier molecular flexibility index (Phi) is 4.47. The van der Waals surface area contributed by atoms with Crippen LogP contribution >= 0.6 is 0 Å². The van der Waals surface area contributed by atoms with Gasteiger partial charge < -0.3 is 19.9 Å². The molecule has 21 heavy (non-hydrogen) atoms. The maximum atomic E-state index is 12.3. The molecule has 2 unspecified atom stereocenters. The first kappa shape index (κ1) is 14.9. The van der Waals surface area contributed by atoms with Crippen LogP contribution in [0, 0.1) is 5.92 Å². The van der Waals surface area contributed by atoms with Gasteiger partial charge in [0.2, 0.25) is 0 Å². The molecule has 1 aromatic carbocycles. The molecule has 0 radical (unpaired) electrons. The molecular weight excluding hydrogens is 274 g/mol. The summed E-state index contributed by atoms with van der Waals surface area (Å²) in [6, 6.07) is 4.73. The molecule has 1 aliphatic carbocycles. The average molecular weight is 291 g/mol. The Morgan fingerprint density at radius 1 is 1.24 bits per heavy atom. The van der Waals surface area contributed by atoms with Crippen molar-refractivity contribution in [2.45, 2.75) is 12.5 Å². The highest BCUT2D eigenvalue weighted by atomic mass is 16.5. The summed E-state index contributed by atoms with van der Waals surface area (Å²) in [4.78, 5) is 23.2. The summed E-state index contributed by atoms with van der Waals surface area (Å²) in [7, 11) is 2.96. The number of ether oxygens (including phenoxy) is 2. The van der Waals surface area contributed by atoms with E-state index in [9.17, 15) is 9.59 Å². The molecule has 0 aromatic heterocycles. The summed E-state index contributed by atoms with van der Waals surface area (Å²) in [5.41, 5.74) is 0.351. The van der Waals surface area contributed by atoms with Crippen LogP contribution in [0.2, 0.25) is 0 Å². The van der Waals surface area contributed by atoms with Crippen molar-refractivity contribution in [2.24, 2.45) is 5.92 Å². The summed E-state index contributed by atoms with van der Waals surface area (Å²) < 4.78 is 10.4. The van der Waals surface area contributed by atoms with Gasteiger partial charge in [0.15, 0.2) is 11.5 Å². The summed E-state index contributed by atoms with van der Waals surface area (Å²) in [5, 5.41) is 11.7. The van der Waals surface area contributed by atoms with Gasteiger partial charge in [-0.15, -0.1) is 0 Å². The highest BCUT2D eigenvalue weighted by Gasteiger charge is 2.26. The molecule has 0 bridgehead atoms. The van der Waals surface area contributed by atoms with Gasteiger partial charge in [0, 0.05) is 6.04 Å². The van der Waals surface area contributed by atoms with Crippen LogP contribution in [0.5, 0.6) is 11.5 Å². The molecule has 0 saturated carbocycles. The van der Waals surface area contributed by atoms with Crippen LogP contribution in [0.1, 0.15) is 16.8 Å². The number of hydrogen-bond acceptors (Lipinski definition) is 4. The Labute approximate surface area is 122 Å². The average Bonchev–Trinajstić information content (AvgIpc) is 2.94. The number of carboxylic acid groups (broad SMARTS) is 1. The molecule has 2 rings (SSSR count). The fourth-order valence-corrected chi connectivity index (χ4v) is 2.30. The SMILES string of the molecule is COc1cccc(C(=O)NC2C=CC(C(=O)O)C2)c1OC. The molecule has 0 fully saturated rings. The van der Waals surface area contributed by atoms with Crippen LogP contribution < -0.4 is 14.8 Å². The van der Waals surface area contributed by atoms with Gasteiger partial charge in [0.05, 0.1) is 25.7 Å². The topological polar surface area (TPSA) is 84.9 Å². The van der Waals surface area contributed by atoms with Crippen molar-refractivity contribution in [2.75, 3.05) is 14.2 Å². The standard InChI is InChI=1S/C15H17NO5/c1-20-12-5-3-4-11(13(12)21-2)14(17)16-10-7-6-9(8-10)15(18)19/h3-7,9-10H,8H2,1-2H3,(H,16,17)(H,18,19). The van der Waals surface area contributed by atoms with Crippen molar-refractivity contribution < 1.29 is 24.2 Å². The van der Waals surface area contributed by atoms with E-state index in [1.807, 2.05) is 0 Å². The maximum absolute atomic E-state index is 12.3. The number of rotatable bonds is 5. The lowest BCUT2D eigenvalue weighted by Gasteiger charge is -2.15. The molecular formula is C15H17NO5. The van der Waals surface area contributed by atoms with Gasteiger partial charge >= 0.3 is 5.97 Å². The quantitative estimate of drug-likeness (QED) is 0.802. The largest absolute Gasteiger partial charge is 0.493 e. The molecule has 0 saturated heterocycles. The number of methoxy groups -OCH3 is 2. The number of carbonyl (C=O) groups is 2. The number of carboxylic acids is 1. The molecule has 1 aromatic rings. The molecule has 0 heterocycles. The maximum Gasteiger partial charge on any atom is 0.310 e.